The number of fused-ring (bicyclic) bond motifs is 2. The van der Waals surface area contributed by atoms with Gasteiger partial charge in [-0.1, -0.05) is 43.3 Å². The highest BCUT2D eigenvalue weighted by Crippen LogP contribution is 2.50. The van der Waals surface area contributed by atoms with Crippen LogP contribution in [0.1, 0.15) is 35.1 Å². The van der Waals surface area contributed by atoms with E-state index >= 15 is 0 Å². The number of nitro benzene ring substituents is 1. The van der Waals surface area contributed by atoms with Crippen LogP contribution in [-0.2, 0) is 23.3 Å². The smallest absolute Gasteiger partial charge is 0.329 e. The minimum absolute atomic E-state index is 0.0137. The van der Waals surface area contributed by atoms with E-state index in [0.29, 0.717) is 30.0 Å². The summed E-state index contributed by atoms with van der Waals surface area (Å²) in [5.41, 5.74) is 1.67. The Hall–Kier alpha value is -4.63. The van der Waals surface area contributed by atoms with Gasteiger partial charge in [0, 0.05) is 31.1 Å². The van der Waals surface area contributed by atoms with Gasteiger partial charge in [0.25, 0.3) is 5.69 Å². The van der Waals surface area contributed by atoms with Gasteiger partial charge in [-0.15, -0.1) is 0 Å². The van der Waals surface area contributed by atoms with Crippen molar-refractivity contribution in [3.63, 3.8) is 0 Å². The number of carbonyl (C=O) groups is 1. The zero-order chi connectivity index (χ0) is 29.3. The van der Waals surface area contributed by atoms with E-state index in [4.69, 9.17) is 14.2 Å². The number of aliphatic carboxylic acids is 1. The predicted octanol–water partition coefficient (Wildman–Crippen LogP) is 5.92. The van der Waals surface area contributed by atoms with E-state index in [2.05, 4.69) is 0 Å². The Morgan fingerprint density at radius 2 is 1.61 bits per heavy atom. The van der Waals surface area contributed by atoms with Crippen molar-refractivity contribution in [2.75, 3.05) is 27.9 Å². The minimum Gasteiger partial charge on any atom is -0.497 e. The van der Waals surface area contributed by atoms with Crippen LogP contribution < -0.4 is 14.2 Å². The quantitative estimate of drug-likeness (QED) is 0.200. The van der Waals surface area contributed by atoms with Crippen LogP contribution in [-0.4, -0.2) is 48.8 Å². The van der Waals surface area contributed by atoms with Crippen molar-refractivity contribution in [2.45, 2.75) is 31.3 Å². The molecule has 0 radical (unpaired) electrons. The fourth-order valence-corrected chi connectivity index (χ4v) is 6.05. The minimum atomic E-state index is -1.48. The van der Waals surface area contributed by atoms with E-state index in [0.717, 1.165) is 33.2 Å². The Morgan fingerprint density at radius 3 is 2.24 bits per heavy atom. The molecule has 1 aliphatic rings. The molecule has 4 aromatic rings. The van der Waals surface area contributed by atoms with Gasteiger partial charge in [0.05, 0.1) is 26.3 Å². The molecule has 0 saturated carbocycles. The van der Waals surface area contributed by atoms with Crippen LogP contribution in [0.2, 0.25) is 0 Å². The molecule has 2 atom stereocenters. The van der Waals surface area contributed by atoms with E-state index in [1.54, 1.807) is 32.4 Å². The summed E-state index contributed by atoms with van der Waals surface area (Å²) in [5, 5.41) is 24.4. The highest BCUT2D eigenvalue weighted by molar-refractivity contribution is 5.87. The maximum Gasteiger partial charge on any atom is 0.329 e. The first kappa shape index (κ1) is 27.9. The van der Waals surface area contributed by atoms with Crippen LogP contribution in [0.5, 0.6) is 17.2 Å². The molecule has 1 aliphatic heterocycles. The van der Waals surface area contributed by atoms with Crippen molar-refractivity contribution in [3.05, 3.63) is 105 Å². The lowest BCUT2D eigenvalue weighted by molar-refractivity contribution is -0.384. The Bertz CT molecular complexity index is 1620. The van der Waals surface area contributed by atoms with Crippen molar-refractivity contribution in [3.8, 4) is 17.2 Å². The van der Waals surface area contributed by atoms with Crippen LogP contribution in [0.15, 0.2) is 72.8 Å². The van der Waals surface area contributed by atoms with Crippen LogP contribution >= 0.6 is 0 Å². The van der Waals surface area contributed by atoms with Gasteiger partial charge in [0.15, 0.2) is 17.0 Å². The lowest BCUT2D eigenvalue weighted by atomic mass is 9.69. The summed E-state index contributed by atoms with van der Waals surface area (Å²) < 4.78 is 16.5. The molecule has 4 aromatic carbocycles. The molecular weight excluding hydrogens is 524 g/mol. The molecule has 1 N–H and O–H groups in total. The molecular formula is C32H32N2O7. The van der Waals surface area contributed by atoms with Crippen molar-refractivity contribution in [1.29, 1.82) is 0 Å². The number of benzene rings is 4. The molecule has 1 heterocycles. The Labute approximate surface area is 238 Å². The first-order valence-corrected chi connectivity index (χ1v) is 13.3. The highest BCUT2D eigenvalue weighted by Gasteiger charge is 2.54. The Balaban J connectivity index is 1.69. The van der Waals surface area contributed by atoms with Crippen molar-refractivity contribution in [1.82, 2.24) is 4.90 Å². The first-order valence-electron chi connectivity index (χ1n) is 13.3. The topological polar surface area (TPSA) is 111 Å². The van der Waals surface area contributed by atoms with Gasteiger partial charge in [-0.2, -0.15) is 0 Å². The summed E-state index contributed by atoms with van der Waals surface area (Å²) in [6.07, 6.45) is 0.599. The van der Waals surface area contributed by atoms with Gasteiger partial charge in [-0.3, -0.25) is 15.0 Å². The summed E-state index contributed by atoms with van der Waals surface area (Å²) in [6, 6.07) is 21.7. The third-order valence-electron chi connectivity index (χ3n) is 8.21. The fraction of sp³-hybridized carbons (Fsp3) is 0.281. The molecule has 0 spiro atoms. The van der Waals surface area contributed by atoms with E-state index in [1.165, 1.54) is 19.2 Å². The number of nitrogens with zero attached hydrogens (tertiary/aromatic N) is 2. The monoisotopic (exact) mass is 556 g/mol. The summed E-state index contributed by atoms with van der Waals surface area (Å²) in [6.45, 7) is 2.68. The molecule has 212 valence electrons. The molecule has 0 fully saturated rings. The Morgan fingerprint density at radius 1 is 0.951 bits per heavy atom. The third-order valence-corrected chi connectivity index (χ3v) is 8.21. The molecule has 41 heavy (non-hydrogen) atoms. The number of methoxy groups -OCH3 is 3. The summed E-state index contributed by atoms with van der Waals surface area (Å²) >= 11 is 0. The number of nitro groups is 1. The lowest BCUT2D eigenvalue weighted by Gasteiger charge is -2.49. The van der Waals surface area contributed by atoms with Gasteiger partial charge in [0.2, 0.25) is 0 Å². The molecule has 9 heteroatoms. The molecule has 5 rings (SSSR count). The molecule has 0 aliphatic carbocycles. The van der Waals surface area contributed by atoms with Gasteiger partial charge < -0.3 is 19.3 Å². The number of ether oxygens (including phenoxy) is 3. The molecule has 0 saturated heterocycles. The average molecular weight is 557 g/mol. The van der Waals surface area contributed by atoms with Crippen LogP contribution in [0, 0.1) is 10.1 Å². The summed E-state index contributed by atoms with van der Waals surface area (Å²) in [4.78, 5) is 26.4. The van der Waals surface area contributed by atoms with Gasteiger partial charge >= 0.3 is 5.97 Å². The number of hydrogen-bond donors (Lipinski definition) is 1. The number of non-ortho nitro benzene ring substituents is 1. The second kappa shape index (κ2) is 11.1. The average Bonchev–Trinajstić information content (AvgIpc) is 2.99. The zero-order valence-electron chi connectivity index (χ0n) is 23.4. The van der Waals surface area contributed by atoms with Gasteiger partial charge in [-0.05, 0) is 63.7 Å². The van der Waals surface area contributed by atoms with E-state index in [9.17, 15) is 20.0 Å². The second-order valence-electron chi connectivity index (χ2n) is 10.2. The first-order chi connectivity index (χ1) is 19.7. The third kappa shape index (κ3) is 4.82. The number of carboxylic acids is 1. The zero-order valence-corrected chi connectivity index (χ0v) is 23.4. The van der Waals surface area contributed by atoms with Crippen molar-refractivity contribution >= 4 is 22.4 Å². The molecule has 9 nitrogen and oxygen atoms in total. The highest BCUT2D eigenvalue weighted by atomic mass is 16.6. The van der Waals surface area contributed by atoms with Gasteiger partial charge in [-0.25, -0.2) is 4.79 Å². The molecule has 0 amide bonds. The van der Waals surface area contributed by atoms with Crippen LogP contribution in [0.4, 0.5) is 5.69 Å². The van der Waals surface area contributed by atoms with Crippen molar-refractivity contribution < 1.29 is 29.0 Å². The molecule has 0 aromatic heterocycles. The molecule has 2 unspecified atom stereocenters. The number of hydrogen-bond acceptors (Lipinski definition) is 7. The Kier molecular flexibility index (Phi) is 7.55. The van der Waals surface area contributed by atoms with Gasteiger partial charge in [0.1, 0.15) is 5.75 Å². The van der Waals surface area contributed by atoms with Crippen LogP contribution in [0.3, 0.4) is 0 Å². The summed E-state index contributed by atoms with van der Waals surface area (Å²) in [5.74, 6) is 0.252. The lowest BCUT2D eigenvalue weighted by Crippen LogP contribution is -2.58. The SMILES string of the molecule is COc1ccc2cc(C(C)C3(C(=O)O)c4cc(OC)c(OC)cc4CCN3Cc3ccc([N+](=O)[O-])cc3)ccc2c1. The number of rotatable bonds is 9. The standard InChI is InChI=1S/C32H32N2O7/c1-20(22-7-8-24-16-27(39-2)12-9-23(24)15-22)32(31(35)36)28-18-30(41-4)29(40-3)17-25(28)13-14-33(32)19-21-5-10-26(11-6-21)34(37)38/h5-12,15-18,20H,13-14,19H2,1-4H3,(H,35,36). The number of carboxylic acid groups (broad SMARTS) is 1. The molecule has 0 bridgehead atoms. The second-order valence-corrected chi connectivity index (χ2v) is 10.2. The fourth-order valence-electron chi connectivity index (χ4n) is 6.05. The normalized spacial score (nSPS) is 17.5. The summed E-state index contributed by atoms with van der Waals surface area (Å²) in [7, 11) is 4.72. The predicted molar refractivity (Wildman–Crippen MR) is 155 cm³/mol. The maximum atomic E-state index is 13.7. The largest absolute Gasteiger partial charge is 0.497 e. The van der Waals surface area contributed by atoms with E-state index < -0.39 is 22.3 Å². The van der Waals surface area contributed by atoms with Crippen molar-refractivity contribution in [2.24, 2.45) is 0 Å². The maximum absolute atomic E-state index is 13.7. The van der Waals surface area contributed by atoms with Crippen LogP contribution in [0.25, 0.3) is 10.8 Å². The van der Waals surface area contributed by atoms with E-state index in [-0.39, 0.29) is 12.2 Å². The van der Waals surface area contributed by atoms with E-state index in [1.807, 2.05) is 54.3 Å².